The second kappa shape index (κ2) is 8.43. The topological polar surface area (TPSA) is 83.0 Å². The van der Waals surface area contributed by atoms with Crippen molar-refractivity contribution in [1.82, 2.24) is 20.4 Å². The first-order valence-electron chi connectivity index (χ1n) is 10.2. The fourth-order valence-corrected chi connectivity index (χ4v) is 3.58. The molecule has 0 atom stereocenters. The summed E-state index contributed by atoms with van der Waals surface area (Å²) >= 11 is 0. The molecule has 2 N–H and O–H groups in total. The molecule has 168 valence electrons. The lowest BCUT2D eigenvalue weighted by atomic mass is 10.1. The highest BCUT2D eigenvalue weighted by molar-refractivity contribution is 6.07. The molecular weight excluding hydrogens is 443 g/mol. The molecule has 2 aromatic heterocycles. The first-order chi connectivity index (χ1) is 16.4. The number of amides is 1. The van der Waals surface area contributed by atoms with E-state index in [1.807, 2.05) is 30.3 Å². The molecule has 0 bridgehead atoms. The number of alkyl halides is 3. The smallest absolute Gasteiger partial charge is 0.337 e. The number of fused-ring (bicyclic) bond motifs is 2. The van der Waals surface area contributed by atoms with Gasteiger partial charge in [0.1, 0.15) is 5.69 Å². The molecule has 5 aromatic rings. The number of halogens is 3. The molecule has 0 aliphatic rings. The predicted octanol–water partition coefficient (Wildman–Crippen LogP) is 5.56. The van der Waals surface area contributed by atoms with Crippen LogP contribution < -0.4 is 5.43 Å². The number of hydrogen-bond donors (Lipinski definition) is 2. The molecule has 0 fully saturated rings. The van der Waals surface area contributed by atoms with Crippen LogP contribution in [0.25, 0.3) is 33.5 Å². The van der Waals surface area contributed by atoms with Crippen LogP contribution in [-0.4, -0.2) is 27.1 Å². The van der Waals surface area contributed by atoms with E-state index in [9.17, 15) is 18.0 Å². The maximum absolute atomic E-state index is 13.0. The fraction of sp³-hybridized carbons (Fsp3) is 0.0400. The monoisotopic (exact) mass is 459 g/mol. The van der Waals surface area contributed by atoms with Crippen LogP contribution >= 0.6 is 0 Å². The van der Waals surface area contributed by atoms with E-state index in [0.717, 1.165) is 29.4 Å². The number of carbonyl (C=O) groups excluding carboxylic acids is 1. The minimum absolute atomic E-state index is 0.206. The SMILES string of the molecule is O=C(N/N=C/c1cccc(C(F)(F)F)c1)c1cc(-c2nc3ccccc3[nH]2)nc2ccccc12. The van der Waals surface area contributed by atoms with Gasteiger partial charge in [0.25, 0.3) is 5.91 Å². The highest BCUT2D eigenvalue weighted by atomic mass is 19.4. The maximum atomic E-state index is 13.0. The van der Waals surface area contributed by atoms with Crippen molar-refractivity contribution in [3.63, 3.8) is 0 Å². The summed E-state index contributed by atoms with van der Waals surface area (Å²) in [6.07, 6.45) is -3.30. The van der Waals surface area contributed by atoms with Gasteiger partial charge < -0.3 is 4.98 Å². The van der Waals surface area contributed by atoms with E-state index >= 15 is 0 Å². The number of nitrogens with zero attached hydrogens (tertiary/aromatic N) is 3. The highest BCUT2D eigenvalue weighted by Gasteiger charge is 2.30. The highest BCUT2D eigenvalue weighted by Crippen LogP contribution is 2.29. The normalized spacial score (nSPS) is 12.0. The molecule has 0 aliphatic carbocycles. The number of rotatable bonds is 4. The van der Waals surface area contributed by atoms with Crippen molar-refractivity contribution < 1.29 is 18.0 Å². The third kappa shape index (κ3) is 4.23. The van der Waals surface area contributed by atoms with Crippen molar-refractivity contribution in [2.45, 2.75) is 6.18 Å². The second-order valence-electron chi connectivity index (χ2n) is 7.50. The van der Waals surface area contributed by atoms with E-state index in [4.69, 9.17) is 0 Å². The summed E-state index contributed by atoms with van der Waals surface area (Å²) in [4.78, 5) is 25.3. The van der Waals surface area contributed by atoms with E-state index in [2.05, 4.69) is 25.5 Å². The molecule has 34 heavy (non-hydrogen) atoms. The number of aromatic nitrogens is 3. The minimum Gasteiger partial charge on any atom is -0.337 e. The van der Waals surface area contributed by atoms with Crippen LogP contribution in [-0.2, 0) is 6.18 Å². The lowest BCUT2D eigenvalue weighted by Crippen LogP contribution is -2.18. The number of hydrazone groups is 1. The Morgan fingerprint density at radius 1 is 0.912 bits per heavy atom. The Kier molecular flexibility index (Phi) is 5.29. The second-order valence-corrected chi connectivity index (χ2v) is 7.50. The average Bonchev–Trinajstić information content (AvgIpc) is 3.27. The van der Waals surface area contributed by atoms with E-state index < -0.39 is 17.6 Å². The molecule has 3 aromatic carbocycles. The van der Waals surface area contributed by atoms with Gasteiger partial charge in [-0.2, -0.15) is 18.3 Å². The van der Waals surface area contributed by atoms with Gasteiger partial charge in [0, 0.05) is 5.39 Å². The Bertz CT molecular complexity index is 1520. The summed E-state index contributed by atoms with van der Waals surface area (Å²) in [6.45, 7) is 0. The first-order valence-corrected chi connectivity index (χ1v) is 10.2. The molecule has 0 radical (unpaired) electrons. The largest absolute Gasteiger partial charge is 0.416 e. The summed E-state index contributed by atoms with van der Waals surface area (Å²) in [5.74, 6) is -0.0207. The summed E-state index contributed by atoms with van der Waals surface area (Å²) in [7, 11) is 0. The molecule has 5 rings (SSSR count). The van der Waals surface area contributed by atoms with Crippen molar-refractivity contribution in [1.29, 1.82) is 0 Å². The number of carbonyl (C=O) groups is 1. The number of H-pyrrole nitrogens is 1. The zero-order valence-corrected chi connectivity index (χ0v) is 17.5. The van der Waals surface area contributed by atoms with Crippen molar-refractivity contribution in [3.8, 4) is 11.5 Å². The van der Waals surface area contributed by atoms with Crippen LogP contribution in [0, 0.1) is 0 Å². The minimum atomic E-state index is -4.46. The predicted molar refractivity (Wildman–Crippen MR) is 123 cm³/mol. The standard InChI is InChI=1S/C25H16F3N5O/c26-25(27,28)16-7-5-6-15(12-16)14-29-33-24(34)18-13-22(30-19-9-2-1-8-17(18)19)23-31-20-10-3-4-11-21(20)32-23/h1-14H,(H,31,32)(H,33,34)/b29-14+. The van der Waals surface area contributed by atoms with Gasteiger partial charge in [-0.1, -0.05) is 42.5 Å². The summed E-state index contributed by atoms with van der Waals surface area (Å²) in [5.41, 5.74) is 4.78. The first kappa shape index (κ1) is 21.3. The molecule has 2 heterocycles. The Labute approximate surface area is 191 Å². The van der Waals surface area contributed by atoms with Crippen molar-refractivity contribution in [3.05, 3.63) is 95.6 Å². The number of nitrogens with one attached hydrogen (secondary N) is 2. The third-order valence-electron chi connectivity index (χ3n) is 5.19. The number of hydrogen-bond acceptors (Lipinski definition) is 4. The molecule has 0 unspecified atom stereocenters. The van der Waals surface area contributed by atoms with Gasteiger partial charge in [-0.15, -0.1) is 0 Å². The van der Waals surface area contributed by atoms with Crippen LogP contribution in [0.5, 0.6) is 0 Å². The third-order valence-corrected chi connectivity index (χ3v) is 5.19. The van der Waals surface area contributed by atoms with E-state index in [0.29, 0.717) is 28.0 Å². The number of pyridine rings is 1. The summed E-state index contributed by atoms with van der Waals surface area (Å²) < 4.78 is 38.7. The molecule has 0 spiro atoms. The van der Waals surface area contributed by atoms with Crippen molar-refractivity contribution >= 4 is 34.1 Å². The molecular formula is C25H16F3N5O. The number of imidazole rings is 1. The van der Waals surface area contributed by atoms with E-state index in [-0.39, 0.29) is 5.56 Å². The Hall–Kier alpha value is -4.53. The van der Waals surface area contributed by atoms with Gasteiger partial charge in [-0.05, 0) is 42.0 Å². The van der Waals surface area contributed by atoms with Crippen LogP contribution in [0.15, 0.2) is 84.0 Å². The van der Waals surface area contributed by atoms with Gasteiger partial charge in [0.2, 0.25) is 0 Å². The zero-order valence-electron chi connectivity index (χ0n) is 17.5. The van der Waals surface area contributed by atoms with Gasteiger partial charge in [0.05, 0.1) is 33.9 Å². The molecule has 0 saturated carbocycles. The van der Waals surface area contributed by atoms with Gasteiger partial charge in [-0.25, -0.2) is 15.4 Å². The van der Waals surface area contributed by atoms with Gasteiger partial charge in [-0.3, -0.25) is 4.79 Å². The van der Waals surface area contributed by atoms with Crippen molar-refractivity contribution in [2.24, 2.45) is 5.10 Å². The quantitative estimate of drug-likeness (QED) is 0.273. The van der Waals surface area contributed by atoms with Crippen LogP contribution in [0.1, 0.15) is 21.5 Å². The summed E-state index contributed by atoms with van der Waals surface area (Å²) in [5, 5.41) is 4.46. The number of aromatic amines is 1. The van der Waals surface area contributed by atoms with Crippen LogP contribution in [0.2, 0.25) is 0 Å². The molecule has 1 amide bonds. The van der Waals surface area contributed by atoms with Gasteiger partial charge >= 0.3 is 6.18 Å². The zero-order chi connectivity index (χ0) is 23.7. The van der Waals surface area contributed by atoms with Crippen molar-refractivity contribution in [2.75, 3.05) is 0 Å². The Morgan fingerprint density at radius 2 is 1.68 bits per heavy atom. The van der Waals surface area contributed by atoms with E-state index in [1.54, 1.807) is 24.3 Å². The Morgan fingerprint density at radius 3 is 2.47 bits per heavy atom. The van der Waals surface area contributed by atoms with Crippen LogP contribution in [0.4, 0.5) is 13.2 Å². The van der Waals surface area contributed by atoms with Crippen LogP contribution in [0.3, 0.4) is 0 Å². The molecule has 0 saturated heterocycles. The maximum Gasteiger partial charge on any atom is 0.416 e. The average molecular weight is 459 g/mol. The lowest BCUT2D eigenvalue weighted by molar-refractivity contribution is -0.137. The molecule has 0 aliphatic heterocycles. The fourth-order valence-electron chi connectivity index (χ4n) is 3.58. The Balaban J connectivity index is 1.47. The molecule has 9 heteroatoms. The number of para-hydroxylation sites is 3. The van der Waals surface area contributed by atoms with E-state index in [1.165, 1.54) is 12.1 Å². The lowest BCUT2D eigenvalue weighted by Gasteiger charge is -2.08. The van der Waals surface area contributed by atoms with Gasteiger partial charge in [0.15, 0.2) is 5.82 Å². The number of benzene rings is 3. The summed E-state index contributed by atoms with van der Waals surface area (Å²) in [6, 6.07) is 20.9. The molecule has 6 nitrogen and oxygen atoms in total.